The number of carbonyl (C=O) groups is 1. The van der Waals surface area contributed by atoms with E-state index < -0.39 is 17.1 Å². The summed E-state index contributed by atoms with van der Waals surface area (Å²) in [5, 5.41) is 9.81. The molecule has 0 unspecified atom stereocenters. The standard InChI is InChI=1S/C11H11N3O4/c12-9(11(15)18-14(16)17)5-7-6-13-10-4-2-1-3-8(7)10/h1-4,6,9,13H,5,12H2/t9-/m0/s1. The van der Waals surface area contributed by atoms with Gasteiger partial charge in [-0.05, 0) is 18.1 Å². The van der Waals surface area contributed by atoms with Gasteiger partial charge in [0.1, 0.15) is 0 Å². The Kier molecular flexibility index (Phi) is 3.24. The van der Waals surface area contributed by atoms with Gasteiger partial charge in [0.25, 0.3) is 0 Å². The quantitative estimate of drug-likeness (QED) is 0.614. The lowest BCUT2D eigenvalue weighted by Crippen LogP contribution is -2.35. The second kappa shape index (κ2) is 4.84. The molecule has 0 aliphatic heterocycles. The molecule has 2 aromatic rings. The summed E-state index contributed by atoms with van der Waals surface area (Å²) in [6.45, 7) is 0. The van der Waals surface area contributed by atoms with E-state index in [9.17, 15) is 14.9 Å². The van der Waals surface area contributed by atoms with Gasteiger partial charge in [-0.2, -0.15) is 0 Å². The maximum absolute atomic E-state index is 11.2. The molecule has 7 heteroatoms. The molecule has 0 spiro atoms. The molecule has 18 heavy (non-hydrogen) atoms. The predicted molar refractivity (Wildman–Crippen MR) is 63.1 cm³/mol. The number of nitrogens with one attached hydrogen (secondary N) is 1. The van der Waals surface area contributed by atoms with Gasteiger partial charge in [0.2, 0.25) is 0 Å². The highest BCUT2D eigenvalue weighted by Crippen LogP contribution is 2.18. The Labute approximate surface area is 102 Å². The number of para-hydroxylation sites is 1. The molecule has 7 nitrogen and oxygen atoms in total. The van der Waals surface area contributed by atoms with Crippen LogP contribution in [-0.2, 0) is 16.1 Å². The summed E-state index contributed by atoms with van der Waals surface area (Å²) in [4.78, 5) is 28.1. The third-order valence-corrected chi connectivity index (χ3v) is 2.58. The normalized spacial score (nSPS) is 12.3. The van der Waals surface area contributed by atoms with Crippen LogP contribution in [0.25, 0.3) is 10.9 Å². The summed E-state index contributed by atoms with van der Waals surface area (Å²) in [6, 6.07) is 6.45. The lowest BCUT2D eigenvalue weighted by Gasteiger charge is -2.07. The Morgan fingerprint density at radius 2 is 2.22 bits per heavy atom. The van der Waals surface area contributed by atoms with Crippen LogP contribution in [0.15, 0.2) is 30.5 Å². The maximum atomic E-state index is 11.2. The number of hydrogen-bond donors (Lipinski definition) is 2. The van der Waals surface area contributed by atoms with Crippen LogP contribution in [0.3, 0.4) is 0 Å². The van der Waals surface area contributed by atoms with Crippen molar-refractivity contribution in [2.45, 2.75) is 12.5 Å². The Morgan fingerprint density at radius 3 is 2.94 bits per heavy atom. The van der Waals surface area contributed by atoms with E-state index in [1.807, 2.05) is 24.3 Å². The zero-order chi connectivity index (χ0) is 13.1. The van der Waals surface area contributed by atoms with Crippen molar-refractivity contribution in [3.05, 3.63) is 46.1 Å². The van der Waals surface area contributed by atoms with Crippen LogP contribution in [0, 0.1) is 10.1 Å². The first-order valence-electron chi connectivity index (χ1n) is 5.24. The fraction of sp³-hybridized carbons (Fsp3) is 0.182. The van der Waals surface area contributed by atoms with E-state index in [0.717, 1.165) is 16.5 Å². The van der Waals surface area contributed by atoms with Gasteiger partial charge in [-0.3, -0.25) is 4.79 Å². The summed E-state index contributed by atoms with van der Waals surface area (Å²) in [7, 11) is 0. The molecule has 0 radical (unpaired) electrons. The molecule has 2 rings (SSSR count). The van der Waals surface area contributed by atoms with Gasteiger partial charge in [-0.15, -0.1) is 10.1 Å². The van der Waals surface area contributed by atoms with Crippen molar-refractivity contribution in [2.75, 3.05) is 0 Å². The van der Waals surface area contributed by atoms with Crippen molar-refractivity contribution >= 4 is 16.9 Å². The van der Waals surface area contributed by atoms with Crippen molar-refractivity contribution in [3.63, 3.8) is 0 Å². The smallest absolute Gasteiger partial charge is 0.320 e. The average molecular weight is 249 g/mol. The number of aromatic nitrogens is 1. The van der Waals surface area contributed by atoms with Gasteiger partial charge in [0.05, 0.1) is 6.04 Å². The van der Waals surface area contributed by atoms with Crippen molar-refractivity contribution in [3.8, 4) is 0 Å². The van der Waals surface area contributed by atoms with Crippen molar-refractivity contribution in [1.82, 2.24) is 4.98 Å². The van der Waals surface area contributed by atoms with E-state index in [2.05, 4.69) is 9.82 Å². The zero-order valence-corrected chi connectivity index (χ0v) is 9.33. The first-order chi connectivity index (χ1) is 8.58. The summed E-state index contributed by atoms with van der Waals surface area (Å²) in [6.07, 6.45) is 1.90. The van der Waals surface area contributed by atoms with Crippen LogP contribution in [0.4, 0.5) is 0 Å². The molecule has 3 N–H and O–H groups in total. The number of rotatable bonds is 4. The van der Waals surface area contributed by atoms with E-state index in [-0.39, 0.29) is 6.42 Å². The molecule has 0 aliphatic rings. The number of hydrogen-bond acceptors (Lipinski definition) is 5. The molecule has 1 atom stereocenters. The highest BCUT2D eigenvalue weighted by molar-refractivity contribution is 5.84. The van der Waals surface area contributed by atoms with Gasteiger partial charge >= 0.3 is 11.1 Å². The largest absolute Gasteiger partial charge is 0.361 e. The molecule has 0 saturated heterocycles. The molecule has 0 bridgehead atoms. The monoisotopic (exact) mass is 249 g/mol. The molecule has 94 valence electrons. The van der Waals surface area contributed by atoms with E-state index in [4.69, 9.17) is 5.73 Å². The van der Waals surface area contributed by atoms with Gasteiger partial charge in [0, 0.05) is 17.1 Å². The Bertz CT molecular complexity index is 593. The lowest BCUT2D eigenvalue weighted by molar-refractivity contribution is -0.729. The highest BCUT2D eigenvalue weighted by atomic mass is 17.0. The van der Waals surface area contributed by atoms with Crippen LogP contribution in [-0.4, -0.2) is 22.1 Å². The predicted octanol–water partition coefficient (Wildman–Crippen LogP) is 0.773. The molecule has 0 aliphatic carbocycles. The van der Waals surface area contributed by atoms with Gasteiger partial charge in [0.15, 0.2) is 0 Å². The fourth-order valence-electron chi connectivity index (χ4n) is 1.76. The number of fused-ring (bicyclic) bond motifs is 1. The third-order valence-electron chi connectivity index (χ3n) is 2.58. The molecular formula is C11H11N3O4. The highest BCUT2D eigenvalue weighted by Gasteiger charge is 2.19. The van der Waals surface area contributed by atoms with Gasteiger partial charge in [-0.25, -0.2) is 4.84 Å². The van der Waals surface area contributed by atoms with Crippen LogP contribution in [0.1, 0.15) is 5.56 Å². The zero-order valence-electron chi connectivity index (χ0n) is 9.33. The summed E-state index contributed by atoms with van der Waals surface area (Å²) >= 11 is 0. The van der Waals surface area contributed by atoms with Crippen LogP contribution in [0.2, 0.25) is 0 Å². The number of aromatic amines is 1. The molecule has 1 heterocycles. The Hall–Kier alpha value is -2.41. The second-order valence-electron chi connectivity index (χ2n) is 3.80. The minimum absolute atomic E-state index is 0.177. The Balaban J connectivity index is 2.14. The first kappa shape index (κ1) is 12.1. The van der Waals surface area contributed by atoms with E-state index in [0.29, 0.717) is 0 Å². The molecule has 0 saturated carbocycles. The molecule has 1 aromatic carbocycles. The number of H-pyrrole nitrogens is 1. The van der Waals surface area contributed by atoms with E-state index >= 15 is 0 Å². The van der Waals surface area contributed by atoms with Crippen LogP contribution >= 0.6 is 0 Å². The molecular weight excluding hydrogens is 238 g/mol. The van der Waals surface area contributed by atoms with E-state index in [1.54, 1.807) is 6.20 Å². The number of benzene rings is 1. The van der Waals surface area contributed by atoms with E-state index in [1.165, 1.54) is 0 Å². The second-order valence-corrected chi connectivity index (χ2v) is 3.80. The average Bonchev–Trinajstić information content (AvgIpc) is 2.72. The molecule has 0 amide bonds. The minimum Gasteiger partial charge on any atom is -0.361 e. The van der Waals surface area contributed by atoms with Crippen molar-refractivity contribution < 1.29 is 14.7 Å². The third kappa shape index (κ3) is 2.46. The molecule has 1 aromatic heterocycles. The topological polar surface area (TPSA) is 111 Å². The SMILES string of the molecule is N[C@@H](Cc1c[nH]c2ccccc12)C(=O)O[N+](=O)[O-]. The van der Waals surface area contributed by atoms with Gasteiger partial charge < -0.3 is 10.7 Å². The number of carbonyl (C=O) groups excluding carboxylic acids is 1. The first-order valence-corrected chi connectivity index (χ1v) is 5.24. The Morgan fingerprint density at radius 1 is 1.50 bits per heavy atom. The number of nitrogens with two attached hydrogens (primary N) is 1. The van der Waals surface area contributed by atoms with Crippen molar-refractivity contribution in [2.24, 2.45) is 5.73 Å². The lowest BCUT2D eigenvalue weighted by atomic mass is 10.1. The summed E-state index contributed by atoms with van der Waals surface area (Å²) in [5.74, 6) is -1.05. The summed E-state index contributed by atoms with van der Waals surface area (Å²) < 4.78 is 0. The minimum atomic E-state index is -1.16. The van der Waals surface area contributed by atoms with Crippen LogP contribution in [0.5, 0.6) is 0 Å². The van der Waals surface area contributed by atoms with Crippen LogP contribution < -0.4 is 5.73 Å². The summed E-state index contributed by atoms with van der Waals surface area (Å²) in [5.41, 5.74) is 7.29. The number of nitrogens with zero attached hydrogens (tertiary/aromatic N) is 1. The fourth-order valence-corrected chi connectivity index (χ4v) is 1.76. The van der Waals surface area contributed by atoms with Gasteiger partial charge in [-0.1, -0.05) is 18.2 Å². The maximum Gasteiger partial charge on any atom is 0.320 e. The van der Waals surface area contributed by atoms with Crippen molar-refractivity contribution in [1.29, 1.82) is 0 Å². The molecule has 0 fully saturated rings.